The average Bonchev–Trinajstić information content (AvgIpc) is 3.46. The van der Waals surface area contributed by atoms with E-state index < -0.39 is 39.2 Å². The largest absolute Gasteiger partial charge is 0.366 e. The summed E-state index contributed by atoms with van der Waals surface area (Å²) in [7, 11) is -4.06. The summed E-state index contributed by atoms with van der Waals surface area (Å²) in [6.07, 6.45) is 3.29. The fourth-order valence-electron chi connectivity index (χ4n) is 4.06. The number of ketones is 1. The number of rotatable bonds is 9. The first kappa shape index (κ1) is 24.6. The summed E-state index contributed by atoms with van der Waals surface area (Å²) in [6, 6.07) is 3.71. The van der Waals surface area contributed by atoms with Crippen molar-refractivity contribution in [1.29, 1.82) is 0 Å². The van der Waals surface area contributed by atoms with Crippen LogP contribution in [0.3, 0.4) is 0 Å². The van der Waals surface area contributed by atoms with Gasteiger partial charge >= 0.3 is 0 Å². The highest BCUT2D eigenvalue weighted by Gasteiger charge is 2.61. The molecular formula is C20H29N7O5S. The van der Waals surface area contributed by atoms with E-state index >= 15 is 0 Å². The number of nitrogens with one attached hydrogen (secondary N) is 2. The molecular weight excluding hydrogens is 450 g/mol. The molecule has 2 aliphatic rings. The molecule has 12 nitrogen and oxygen atoms in total. The zero-order valence-electron chi connectivity index (χ0n) is 18.2. The molecule has 0 bridgehead atoms. The molecule has 0 radical (unpaired) electrons. The van der Waals surface area contributed by atoms with Gasteiger partial charge < -0.3 is 27.5 Å². The molecule has 1 aromatic carbocycles. The lowest BCUT2D eigenvalue weighted by Gasteiger charge is -2.31. The van der Waals surface area contributed by atoms with Gasteiger partial charge in [-0.05, 0) is 50.5 Å². The second kappa shape index (κ2) is 9.45. The monoisotopic (exact) mass is 479 g/mol. The first-order chi connectivity index (χ1) is 15.5. The highest BCUT2D eigenvalue weighted by Crippen LogP contribution is 2.43. The van der Waals surface area contributed by atoms with E-state index in [1.807, 2.05) is 4.90 Å². The van der Waals surface area contributed by atoms with Crippen molar-refractivity contribution >= 4 is 34.0 Å². The van der Waals surface area contributed by atoms with Crippen molar-refractivity contribution in [3.8, 4) is 0 Å². The highest BCUT2D eigenvalue weighted by atomic mass is 32.2. The molecule has 1 heterocycles. The first-order valence-corrected chi connectivity index (χ1v) is 12.0. The number of nitrogens with two attached hydrogens (primary N) is 3. The van der Waals surface area contributed by atoms with Crippen LogP contribution in [0.1, 0.15) is 36.5 Å². The number of carbonyl (C=O) groups is 3. The summed E-state index contributed by atoms with van der Waals surface area (Å²) in [6.45, 7) is 2.72. The minimum atomic E-state index is -4.06. The van der Waals surface area contributed by atoms with Gasteiger partial charge in [-0.25, -0.2) is 13.1 Å². The molecule has 13 heteroatoms. The summed E-state index contributed by atoms with van der Waals surface area (Å²) in [4.78, 5) is 38.5. The summed E-state index contributed by atoms with van der Waals surface area (Å²) in [5, 5.41) is 6.41. The van der Waals surface area contributed by atoms with Crippen molar-refractivity contribution in [3.05, 3.63) is 29.8 Å². The Morgan fingerprint density at radius 3 is 2.55 bits per heavy atom. The van der Waals surface area contributed by atoms with Gasteiger partial charge in [-0.1, -0.05) is 0 Å². The van der Waals surface area contributed by atoms with Crippen LogP contribution in [-0.4, -0.2) is 68.0 Å². The van der Waals surface area contributed by atoms with Crippen molar-refractivity contribution < 1.29 is 22.8 Å². The standard InChI is InChI=1S/C20H29N7O5S/c1-12(26-33(31,32)15-6-4-13(5-7-15)18(21)29)17(28)20(22)9-16(20)19(30)25-14-3-2-8-27(10-14)11-24-23/h4-7,11-12,14,16,26H,2-3,8-10,22-23H2,1H3,(H2,21,29)(H,25,30)/t12-,14?,16+,20?/m0/s1. The molecule has 0 spiro atoms. The van der Waals surface area contributed by atoms with Crippen molar-refractivity contribution in [3.63, 3.8) is 0 Å². The Bertz CT molecular complexity index is 1060. The third kappa shape index (κ3) is 5.49. The highest BCUT2D eigenvalue weighted by molar-refractivity contribution is 7.89. The maximum atomic E-state index is 12.9. The molecule has 1 aromatic rings. The lowest BCUT2D eigenvalue weighted by molar-refractivity contribution is -0.128. The number of hydrazone groups is 1. The van der Waals surface area contributed by atoms with E-state index in [1.54, 1.807) is 0 Å². The second-order valence-corrected chi connectivity index (χ2v) is 10.2. The van der Waals surface area contributed by atoms with E-state index in [0.717, 1.165) is 19.4 Å². The van der Waals surface area contributed by atoms with Crippen molar-refractivity contribution in [2.75, 3.05) is 13.1 Å². The van der Waals surface area contributed by atoms with Crippen LogP contribution in [0.15, 0.2) is 34.3 Å². The van der Waals surface area contributed by atoms with Gasteiger partial charge in [-0.3, -0.25) is 14.4 Å². The van der Waals surface area contributed by atoms with E-state index in [4.69, 9.17) is 17.3 Å². The van der Waals surface area contributed by atoms with Crippen molar-refractivity contribution in [1.82, 2.24) is 14.9 Å². The third-order valence-electron chi connectivity index (χ3n) is 5.98. The average molecular weight is 480 g/mol. The Balaban J connectivity index is 1.59. The Morgan fingerprint density at radius 2 is 1.94 bits per heavy atom. The van der Waals surface area contributed by atoms with Crippen LogP contribution in [0.5, 0.6) is 0 Å². The molecule has 3 rings (SSSR count). The predicted molar refractivity (Wildman–Crippen MR) is 120 cm³/mol. The normalized spacial score (nSPS) is 26.1. The number of hydrogen-bond acceptors (Lipinski definition) is 8. The van der Waals surface area contributed by atoms with Gasteiger partial charge in [0.05, 0.1) is 22.4 Å². The molecule has 0 aromatic heterocycles. The number of sulfonamides is 1. The smallest absolute Gasteiger partial charge is 0.248 e. The SMILES string of the molecule is C[C@H](NS(=O)(=O)c1ccc(C(N)=O)cc1)C(=O)C1(N)C[C@@H]1C(=O)NC1CCCN(C=NN)C1. The van der Waals surface area contributed by atoms with E-state index in [2.05, 4.69) is 15.1 Å². The summed E-state index contributed by atoms with van der Waals surface area (Å²) in [5.41, 5.74) is 10.1. The van der Waals surface area contributed by atoms with Gasteiger partial charge in [0.2, 0.25) is 21.8 Å². The minimum Gasteiger partial charge on any atom is -0.366 e. The minimum absolute atomic E-state index is 0.122. The Morgan fingerprint density at radius 1 is 1.27 bits per heavy atom. The molecule has 4 atom stereocenters. The Hall–Kier alpha value is -3.03. The lowest BCUT2D eigenvalue weighted by atomic mass is 10.0. The number of piperidine rings is 1. The van der Waals surface area contributed by atoms with E-state index in [-0.39, 0.29) is 28.8 Å². The van der Waals surface area contributed by atoms with Gasteiger partial charge in [0.25, 0.3) is 0 Å². The zero-order chi connectivity index (χ0) is 24.4. The Labute approximate surface area is 192 Å². The summed E-state index contributed by atoms with van der Waals surface area (Å²) >= 11 is 0. The maximum Gasteiger partial charge on any atom is 0.248 e. The number of Topliss-reactive ketones (excluding diaryl/α,β-unsaturated/α-hetero) is 1. The van der Waals surface area contributed by atoms with Crippen molar-refractivity contribution in [2.24, 2.45) is 28.3 Å². The van der Waals surface area contributed by atoms with Gasteiger partial charge in [0, 0.05) is 24.7 Å². The van der Waals surface area contributed by atoms with E-state index in [9.17, 15) is 22.8 Å². The summed E-state index contributed by atoms with van der Waals surface area (Å²) < 4.78 is 27.5. The molecule has 33 heavy (non-hydrogen) atoms. The lowest BCUT2D eigenvalue weighted by Crippen LogP contribution is -2.52. The van der Waals surface area contributed by atoms with Gasteiger partial charge in [-0.15, -0.1) is 0 Å². The first-order valence-electron chi connectivity index (χ1n) is 10.5. The van der Waals surface area contributed by atoms with Crippen molar-refractivity contribution in [2.45, 2.75) is 48.7 Å². The second-order valence-electron chi connectivity index (χ2n) is 8.50. The zero-order valence-corrected chi connectivity index (χ0v) is 19.0. The van der Waals surface area contributed by atoms with Crippen LogP contribution in [0.2, 0.25) is 0 Å². The quantitative estimate of drug-likeness (QED) is 0.118. The number of benzene rings is 1. The van der Waals surface area contributed by atoms with Gasteiger partial charge in [-0.2, -0.15) is 5.10 Å². The third-order valence-corrected chi connectivity index (χ3v) is 7.54. The summed E-state index contributed by atoms with van der Waals surface area (Å²) in [5.74, 6) is 2.86. The number of hydrogen-bond donors (Lipinski definition) is 5. The number of amides is 2. The number of primary amides is 1. The van der Waals surface area contributed by atoms with Crippen LogP contribution in [-0.2, 0) is 19.6 Å². The predicted octanol–water partition coefficient (Wildman–Crippen LogP) is -1.78. The van der Waals surface area contributed by atoms with Crippen LogP contribution in [0, 0.1) is 5.92 Å². The topological polar surface area (TPSA) is 203 Å². The fraction of sp³-hybridized carbons (Fsp3) is 0.500. The van der Waals surface area contributed by atoms with Gasteiger partial charge in [0.1, 0.15) is 6.34 Å². The molecule has 1 aliphatic heterocycles. The van der Waals surface area contributed by atoms with Crippen LogP contribution < -0.4 is 27.3 Å². The molecule has 180 valence electrons. The molecule has 1 saturated carbocycles. The molecule has 2 unspecified atom stereocenters. The molecule has 1 saturated heterocycles. The van der Waals surface area contributed by atoms with Gasteiger partial charge in [0.15, 0.2) is 5.78 Å². The fourth-order valence-corrected chi connectivity index (χ4v) is 5.26. The molecule has 1 aliphatic carbocycles. The van der Waals surface area contributed by atoms with Crippen LogP contribution >= 0.6 is 0 Å². The van der Waals surface area contributed by atoms with E-state index in [0.29, 0.717) is 6.54 Å². The van der Waals surface area contributed by atoms with E-state index in [1.165, 1.54) is 37.5 Å². The number of likely N-dealkylation sites (tertiary alicyclic amines) is 1. The number of nitrogens with zero attached hydrogens (tertiary/aromatic N) is 2. The molecule has 8 N–H and O–H groups in total. The van der Waals surface area contributed by atoms with Crippen LogP contribution in [0.25, 0.3) is 0 Å². The maximum absolute atomic E-state index is 12.9. The Kier molecular flexibility index (Phi) is 7.05. The van der Waals surface area contributed by atoms with Crippen LogP contribution in [0.4, 0.5) is 0 Å². The molecule has 2 amide bonds. The molecule has 2 fully saturated rings. The number of carbonyl (C=O) groups excluding carboxylic acids is 3.